The first kappa shape index (κ1) is 9.71. The number of aromatic nitrogens is 2. The van der Waals surface area contributed by atoms with E-state index in [-0.39, 0.29) is 0 Å². The molecular formula is C10H13ClN2O. The van der Waals surface area contributed by atoms with Gasteiger partial charge in [-0.3, -0.25) is 4.98 Å². The summed E-state index contributed by atoms with van der Waals surface area (Å²) in [4.78, 5) is 8.26. The lowest BCUT2D eigenvalue weighted by atomic mass is 10.3. The molecule has 1 aliphatic rings. The van der Waals surface area contributed by atoms with Gasteiger partial charge in [0, 0.05) is 6.20 Å². The summed E-state index contributed by atoms with van der Waals surface area (Å²) in [6.07, 6.45) is 8.41. The zero-order chi connectivity index (χ0) is 9.80. The Morgan fingerprint density at radius 2 is 2.14 bits per heavy atom. The Morgan fingerprint density at radius 3 is 2.86 bits per heavy atom. The maximum absolute atomic E-state index is 5.69. The molecule has 0 bridgehead atoms. The normalized spacial score (nSPS) is 17.2. The lowest BCUT2D eigenvalue weighted by Gasteiger charge is -2.11. The van der Waals surface area contributed by atoms with Gasteiger partial charge >= 0.3 is 0 Å². The van der Waals surface area contributed by atoms with E-state index in [1.807, 2.05) is 0 Å². The first-order valence-electron chi connectivity index (χ1n) is 4.92. The third-order valence-corrected chi connectivity index (χ3v) is 2.66. The lowest BCUT2D eigenvalue weighted by molar-refractivity contribution is 0.200. The summed E-state index contributed by atoms with van der Waals surface area (Å²) in [5.74, 6) is 0.990. The molecule has 0 atom stereocenters. The van der Waals surface area contributed by atoms with Crippen LogP contribution in [0.4, 0.5) is 0 Å². The molecule has 4 heteroatoms. The summed E-state index contributed by atoms with van der Waals surface area (Å²) >= 11 is 5.66. The van der Waals surface area contributed by atoms with Gasteiger partial charge in [0.2, 0.25) is 5.88 Å². The van der Waals surface area contributed by atoms with Crippen LogP contribution in [0, 0.1) is 0 Å². The molecule has 1 heterocycles. The summed E-state index contributed by atoms with van der Waals surface area (Å²) in [5, 5.41) is 0. The minimum atomic E-state index is 0.329. The van der Waals surface area contributed by atoms with Crippen molar-refractivity contribution in [3.8, 4) is 5.88 Å². The first-order chi connectivity index (χ1) is 6.88. The molecule has 0 amide bonds. The fourth-order valence-corrected chi connectivity index (χ4v) is 1.81. The Morgan fingerprint density at radius 1 is 1.36 bits per heavy atom. The minimum Gasteiger partial charge on any atom is -0.473 e. The van der Waals surface area contributed by atoms with Crippen molar-refractivity contribution in [3.05, 3.63) is 18.1 Å². The van der Waals surface area contributed by atoms with E-state index in [2.05, 4.69) is 9.97 Å². The van der Waals surface area contributed by atoms with Crippen molar-refractivity contribution < 1.29 is 4.74 Å². The highest BCUT2D eigenvalue weighted by Crippen LogP contribution is 2.22. The van der Waals surface area contributed by atoms with Gasteiger partial charge < -0.3 is 4.74 Å². The fourth-order valence-electron chi connectivity index (χ4n) is 1.68. The number of hydrogen-bond acceptors (Lipinski definition) is 3. The molecule has 0 unspecified atom stereocenters. The van der Waals surface area contributed by atoms with Crippen molar-refractivity contribution in [2.75, 3.05) is 0 Å². The van der Waals surface area contributed by atoms with E-state index in [1.54, 1.807) is 12.4 Å². The molecule has 1 fully saturated rings. The zero-order valence-corrected chi connectivity index (χ0v) is 8.70. The van der Waals surface area contributed by atoms with Gasteiger partial charge in [-0.25, -0.2) is 4.98 Å². The van der Waals surface area contributed by atoms with Gasteiger partial charge in [0.15, 0.2) is 0 Å². The summed E-state index contributed by atoms with van der Waals surface area (Å²) in [6, 6.07) is 0. The molecule has 76 valence electrons. The molecule has 0 aliphatic heterocycles. The van der Waals surface area contributed by atoms with E-state index in [0.717, 1.165) is 18.5 Å². The number of ether oxygens (including phenoxy) is 1. The van der Waals surface area contributed by atoms with Crippen LogP contribution >= 0.6 is 11.6 Å². The first-order valence-corrected chi connectivity index (χ1v) is 5.45. The van der Waals surface area contributed by atoms with Gasteiger partial charge in [-0.15, -0.1) is 11.6 Å². The summed E-state index contributed by atoms with van der Waals surface area (Å²) in [5.41, 5.74) is 0.766. The zero-order valence-electron chi connectivity index (χ0n) is 7.95. The number of nitrogens with zero attached hydrogens (tertiary/aromatic N) is 2. The molecule has 3 nitrogen and oxygen atoms in total. The van der Waals surface area contributed by atoms with Crippen molar-refractivity contribution in [3.63, 3.8) is 0 Å². The van der Waals surface area contributed by atoms with E-state index < -0.39 is 0 Å². The maximum Gasteiger partial charge on any atom is 0.232 e. The smallest absolute Gasteiger partial charge is 0.232 e. The lowest BCUT2D eigenvalue weighted by Crippen LogP contribution is -2.12. The standard InChI is InChI=1S/C10H13ClN2O/c11-5-8-6-12-7-10(13-8)14-9-3-1-2-4-9/h6-7,9H,1-5H2. The third-order valence-electron chi connectivity index (χ3n) is 2.39. The van der Waals surface area contributed by atoms with Gasteiger partial charge in [-0.05, 0) is 25.7 Å². The highest BCUT2D eigenvalue weighted by atomic mass is 35.5. The predicted octanol–water partition coefficient (Wildman–Crippen LogP) is 2.54. The molecule has 14 heavy (non-hydrogen) atoms. The molecule has 0 aromatic carbocycles. The molecule has 1 aromatic heterocycles. The Bertz CT molecular complexity index is 300. The minimum absolute atomic E-state index is 0.329. The van der Waals surface area contributed by atoms with Crippen LogP contribution in [-0.4, -0.2) is 16.1 Å². The van der Waals surface area contributed by atoms with Gasteiger partial charge in [0.25, 0.3) is 0 Å². The Labute approximate surface area is 88.5 Å². The van der Waals surface area contributed by atoms with Crippen molar-refractivity contribution in [1.82, 2.24) is 9.97 Å². The van der Waals surface area contributed by atoms with Gasteiger partial charge in [-0.2, -0.15) is 0 Å². The van der Waals surface area contributed by atoms with Crippen LogP contribution in [0.5, 0.6) is 5.88 Å². The number of hydrogen-bond donors (Lipinski definition) is 0. The highest BCUT2D eigenvalue weighted by molar-refractivity contribution is 6.16. The number of rotatable bonds is 3. The van der Waals surface area contributed by atoms with E-state index in [0.29, 0.717) is 17.9 Å². The molecule has 0 spiro atoms. The van der Waals surface area contributed by atoms with Crippen LogP contribution in [0.25, 0.3) is 0 Å². The molecule has 0 N–H and O–H groups in total. The monoisotopic (exact) mass is 212 g/mol. The van der Waals surface area contributed by atoms with Gasteiger partial charge in [-0.1, -0.05) is 0 Å². The molecule has 1 aliphatic carbocycles. The Hall–Kier alpha value is -0.830. The topological polar surface area (TPSA) is 35.0 Å². The quantitative estimate of drug-likeness (QED) is 0.723. The van der Waals surface area contributed by atoms with Crippen LogP contribution in [0.3, 0.4) is 0 Å². The number of alkyl halides is 1. The fraction of sp³-hybridized carbons (Fsp3) is 0.600. The third kappa shape index (κ3) is 2.35. The van der Waals surface area contributed by atoms with Crippen LogP contribution in [0.1, 0.15) is 31.4 Å². The van der Waals surface area contributed by atoms with E-state index in [4.69, 9.17) is 16.3 Å². The Kier molecular flexibility index (Phi) is 3.19. The van der Waals surface area contributed by atoms with Crippen molar-refractivity contribution in [2.45, 2.75) is 37.7 Å². The average Bonchev–Trinajstić information content (AvgIpc) is 2.71. The van der Waals surface area contributed by atoms with Crippen molar-refractivity contribution in [1.29, 1.82) is 0 Å². The van der Waals surface area contributed by atoms with Gasteiger partial charge in [0.05, 0.1) is 17.8 Å². The van der Waals surface area contributed by atoms with E-state index in [1.165, 1.54) is 12.8 Å². The highest BCUT2D eigenvalue weighted by Gasteiger charge is 2.17. The molecule has 1 aromatic rings. The van der Waals surface area contributed by atoms with Gasteiger partial charge in [0.1, 0.15) is 6.10 Å². The van der Waals surface area contributed by atoms with Crippen LogP contribution < -0.4 is 4.74 Å². The van der Waals surface area contributed by atoms with E-state index in [9.17, 15) is 0 Å². The molecule has 1 saturated carbocycles. The second-order valence-corrected chi connectivity index (χ2v) is 3.77. The molecule has 0 saturated heterocycles. The Balaban J connectivity index is 2.00. The second kappa shape index (κ2) is 4.60. The second-order valence-electron chi connectivity index (χ2n) is 3.51. The maximum atomic E-state index is 5.69. The molecular weight excluding hydrogens is 200 g/mol. The molecule has 2 rings (SSSR count). The van der Waals surface area contributed by atoms with E-state index >= 15 is 0 Å². The summed E-state index contributed by atoms with van der Waals surface area (Å²) in [6.45, 7) is 0. The SMILES string of the molecule is ClCc1cncc(OC2CCCC2)n1. The summed E-state index contributed by atoms with van der Waals surface area (Å²) < 4.78 is 5.69. The van der Waals surface area contributed by atoms with Crippen LogP contribution in [-0.2, 0) is 5.88 Å². The van der Waals surface area contributed by atoms with Crippen LogP contribution in [0.2, 0.25) is 0 Å². The predicted molar refractivity (Wildman–Crippen MR) is 54.5 cm³/mol. The van der Waals surface area contributed by atoms with Crippen molar-refractivity contribution >= 4 is 11.6 Å². The van der Waals surface area contributed by atoms with Crippen molar-refractivity contribution in [2.24, 2.45) is 0 Å². The average molecular weight is 213 g/mol. The summed E-state index contributed by atoms with van der Waals surface area (Å²) in [7, 11) is 0. The molecule has 0 radical (unpaired) electrons. The number of halogens is 1. The largest absolute Gasteiger partial charge is 0.473 e. The van der Waals surface area contributed by atoms with Crippen LogP contribution in [0.15, 0.2) is 12.4 Å².